The van der Waals surface area contributed by atoms with Crippen molar-refractivity contribution in [2.75, 3.05) is 29.9 Å². The minimum Gasteiger partial charge on any atom is -0.371 e. The molecule has 0 saturated carbocycles. The molecule has 0 fully saturated rings. The predicted octanol–water partition coefficient (Wildman–Crippen LogP) is 2.69. The summed E-state index contributed by atoms with van der Waals surface area (Å²) in [5, 5.41) is 0. The van der Waals surface area contributed by atoms with Crippen molar-refractivity contribution in [1.82, 2.24) is 4.98 Å². The molecule has 1 aliphatic heterocycles. The van der Waals surface area contributed by atoms with Crippen molar-refractivity contribution in [3.8, 4) is 0 Å². The SMILES string of the molecule is C[C@H](N)c1ccc(N2CCN(C)c3ccccc32)cn1. The van der Waals surface area contributed by atoms with Crippen LogP contribution in [-0.2, 0) is 0 Å². The van der Waals surface area contributed by atoms with E-state index in [0.717, 1.165) is 24.5 Å². The Bertz CT molecular complexity index is 592. The second kappa shape index (κ2) is 5.13. The van der Waals surface area contributed by atoms with Crippen molar-refractivity contribution in [2.45, 2.75) is 13.0 Å². The molecule has 0 spiro atoms. The fraction of sp³-hybridized carbons (Fsp3) is 0.312. The fourth-order valence-electron chi connectivity index (χ4n) is 2.60. The van der Waals surface area contributed by atoms with Crippen molar-refractivity contribution in [3.63, 3.8) is 0 Å². The summed E-state index contributed by atoms with van der Waals surface area (Å²) in [6.07, 6.45) is 1.92. The number of pyridine rings is 1. The average Bonchev–Trinajstić information content (AvgIpc) is 2.48. The number of likely N-dealkylation sites (N-methyl/N-ethyl adjacent to an activating group) is 1. The van der Waals surface area contributed by atoms with Gasteiger partial charge in [0.15, 0.2) is 0 Å². The lowest BCUT2D eigenvalue weighted by Crippen LogP contribution is -2.36. The third kappa shape index (κ3) is 2.23. The molecule has 2 N–H and O–H groups in total. The maximum absolute atomic E-state index is 5.85. The third-order valence-electron chi connectivity index (χ3n) is 3.79. The first kappa shape index (κ1) is 12.9. The van der Waals surface area contributed by atoms with E-state index in [0.29, 0.717) is 0 Å². The summed E-state index contributed by atoms with van der Waals surface area (Å²) in [5.41, 5.74) is 10.4. The molecule has 1 atom stereocenters. The van der Waals surface area contributed by atoms with Gasteiger partial charge in [-0.15, -0.1) is 0 Å². The van der Waals surface area contributed by atoms with Crippen LogP contribution < -0.4 is 15.5 Å². The summed E-state index contributed by atoms with van der Waals surface area (Å²) in [6, 6.07) is 12.6. The number of anilines is 3. The van der Waals surface area contributed by atoms with Gasteiger partial charge in [-0.05, 0) is 31.2 Å². The number of aromatic nitrogens is 1. The van der Waals surface area contributed by atoms with Crippen molar-refractivity contribution < 1.29 is 0 Å². The monoisotopic (exact) mass is 268 g/mol. The smallest absolute Gasteiger partial charge is 0.0649 e. The lowest BCUT2D eigenvalue weighted by molar-refractivity contribution is 0.777. The number of rotatable bonds is 2. The number of hydrogen-bond acceptors (Lipinski definition) is 4. The predicted molar refractivity (Wildman–Crippen MR) is 83.6 cm³/mol. The van der Waals surface area contributed by atoms with Crippen LogP contribution in [0.1, 0.15) is 18.7 Å². The maximum atomic E-state index is 5.85. The van der Waals surface area contributed by atoms with Crippen LogP contribution >= 0.6 is 0 Å². The van der Waals surface area contributed by atoms with E-state index in [9.17, 15) is 0 Å². The Morgan fingerprint density at radius 3 is 2.50 bits per heavy atom. The van der Waals surface area contributed by atoms with Gasteiger partial charge in [0.2, 0.25) is 0 Å². The molecule has 1 aromatic heterocycles. The van der Waals surface area contributed by atoms with Crippen LogP contribution in [0.2, 0.25) is 0 Å². The summed E-state index contributed by atoms with van der Waals surface area (Å²) in [4.78, 5) is 9.07. The zero-order valence-electron chi connectivity index (χ0n) is 12.0. The lowest BCUT2D eigenvalue weighted by atomic mass is 10.1. The first-order valence-electron chi connectivity index (χ1n) is 6.96. The Labute approximate surface area is 119 Å². The van der Waals surface area contributed by atoms with E-state index in [-0.39, 0.29) is 6.04 Å². The summed E-state index contributed by atoms with van der Waals surface area (Å²) in [5.74, 6) is 0. The van der Waals surface area contributed by atoms with Crippen molar-refractivity contribution >= 4 is 17.1 Å². The van der Waals surface area contributed by atoms with Gasteiger partial charge in [0.25, 0.3) is 0 Å². The Balaban J connectivity index is 1.97. The highest BCUT2D eigenvalue weighted by molar-refractivity contribution is 5.78. The number of para-hydroxylation sites is 2. The van der Waals surface area contributed by atoms with Crippen LogP contribution in [0.4, 0.5) is 17.1 Å². The van der Waals surface area contributed by atoms with E-state index >= 15 is 0 Å². The van der Waals surface area contributed by atoms with Crippen molar-refractivity contribution in [2.24, 2.45) is 5.73 Å². The molecular formula is C16H20N4. The average molecular weight is 268 g/mol. The maximum Gasteiger partial charge on any atom is 0.0649 e. The van der Waals surface area contributed by atoms with Crippen LogP contribution in [0.15, 0.2) is 42.6 Å². The molecule has 4 nitrogen and oxygen atoms in total. The first-order valence-corrected chi connectivity index (χ1v) is 6.96. The van der Waals surface area contributed by atoms with Crippen molar-refractivity contribution in [3.05, 3.63) is 48.3 Å². The quantitative estimate of drug-likeness (QED) is 0.909. The van der Waals surface area contributed by atoms with Crippen LogP contribution in [0.25, 0.3) is 0 Å². The first-order chi connectivity index (χ1) is 9.66. The standard InChI is InChI=1S/C16H20N4/c1-12(17)14-8-7-13(11-18-14)20-10-9-19(2)15-5-3-4-6-16(15)20/h3-8,11-12H,9-10,17H2,1-2H3/t12-/m0/s1. The van der Waals surface area contributed by atoms with E-state index < -0.39 is 0 Å². The highest BCUT2D eigenvalue weighted by Crippen LogP contribution is 2.36. The molecular weight excluding hydrogens is 248 g/mol. The summed E-state index contributed by atoms with van der Waals surface area (Å²) in [6.45, 7) is 3.92. The van der Waals surface area contributed by atoms with E-state index in [1.165, 1.54) is 11.4 Å². The number of hydrogen-bond donors (Lipinski definition) is 1. The molecule has 1 aliphatic rings. The molecule has 0 amide bonds. The number of fused-ring (bicyclic) bond motifs is 1. The number of benzene rings is 1. The van der Waals surface area contributed by atoms with Crippen molar-refractivity contribution in [1.29, 1.82) is 0 Å². The van der Waals surface area contributed by atoms with Crippen LogP contribution in [0.3, 0.4) is 0 Å². The molecule has 0 saturated heterocycles. The Morgan fingerprint density at radius 2 is 1.85 bits per heavy atom. The number of nitrogens with zero attached hydrogens (tertiary/aromatic N) is 3. The van der Waals surface area contributed by atoms with Gasteiger partial charge in [-0.2, -0.15) is 0 Å². The van der Waals surface area contributed by atoms with Gasteiger partial charge in [-0.3, -0.25) is 4.98 Å². The van der Waals surface area contributed by atoms with E-state index in [2.05, 4.69) is 52.2 Å². The normalized spacial score (nSPS) is 15.9. The minimum absolute atomic E-state index is 0.0242. The zero-order chi connectivity index (χ0) is 14.1. The molecule has 3 rings (SSSR count). The molecule has 20 heavy (non-hydrogen) atoms. The minimum atomic E-state index is -0.0242. The zero-order valence-corrected chi connectivity index (χ0v) is 12.0. The molecule has 104 valence electrons. The van der Waals surface area contributed by atoms with E-state index in [1.54, 1.807) is 0 Å². The molecule has 1 aromatic carbocycles. The molecule has 0 radical (unpaired) electrons. The van der Waals surface area contributed by atoms with Crippen LogP contribution in [0.5, 0.6) is 0 Å². The van der Waals surface area contributed by atoms with Gasteiger partial charge in [0.1, 0.15) is 0 Å². The largest absolute Gasteiger partial charge is 0.371 e. The summed E-state index contributed by atoms with van der Waals surface area (Å²) >= 11 is 0. The second-order valence-corrected chi connectivity index (χ2v) is 5.29. The van der Waals surface area contributed by atoms with Crippen LogP contribution in [0, 0.1) is 0 Å². The highest BCUT2D eigenvalue weighted by Gasteiger charge is 2.21. The van der Waals surface area contributed by atoms with Gasteiger partial charge in [-0.1, -0.05) is 12.1 Å². The van der Waals surface area contributed by atoms with Gasteiger partial charge in [-0.25, -0.2) is 0 Å². The lowest BCUT2D eigenvalue weighted by Gasteiger charge is -2.36. The Kier molecular flexibility index (Phi) is 3.32. The van der Waals surface area contributed by atoms with Gasteiger partial charge in [0.05, 0.1) is 29.0 Å². The summed E-state index contributed by atoms with van der Waals surface area (Å²) in [7, 11) is 2.13. The molecule has 0 unspecified atom stereocenters. The fourth-order valence-corrected chi connectivity index (χ4v) is 2.60. The highest BCUT2D eigenvalue weighted by atomic mass is 15.3. The van der Waals surface area contributed by atoms with Gasteiger partial charge >= 0.3 is 0 Å². The second-order valence-electron chi connectivity index (χ2n) is 5.29. The van der Waals surface area contributed by atoms with E-state index in [1.807, 2.05) is 19.2 Å². The Hall–Kier alpha value is -2.07. The molecule has 2 aromatic rings. The van der Waals surface area contributed by atoms with Crippen LogP contribution in [-0.4, -0.2) is 25.1 Å². The topological polar surface area (TPSA) is 45.4 Å². The molecule has 2 heterocycles. The third-order valence-corrected chi connectivity index (χ3v) is 3.79. The number of nitrogens with two attached hydrogens (primary N) is 1. The molecule has 0 bridgehead atoms. The van der Waals surface area contributed by atoms with Gasteiger partial charge in [0, 0.05) is 26.2 Å². The van der Waals surface area contributed by atoms with Gasteiger partial charge < -0.3 is 15.5 Å². The summed E-state index contributed by atoms with van der Waals surface area (Å²) < 4.78 is 0. The molecule has 0 aliphatic carbocycles. The van der Waals surface area contributed by atoms with E-state index in [4.69, 9.17) is 5.73 Å². The molecule has 4 heteroatoms. The Morgan fingerprint density at radius 1 is 1.10 bits per heavy atom.